The molecule has 0 aliphatic heterocycles. The number of hydrogen-bond acceptors (Lipinski definition) is 3. The molecule has 104 valence electrons. The number of hydrogen-bond donors (Lipinski definition) is 1. The largest absolute Gasteiger partial charge is 0.329 e. The lowest BCUT2D eigenvalue weighted by Gasteiger charge is -2.33. The van der Waals surface area contributed by atoms with Crippen LogP contribution < -0.4 is 5.73 Å². The molecule has 0 amide bonds. The molecule has 2 N–H and O–H groups in total. The highest BCUT2D eigenvalue weighted by molar-refractivity contribution is 7.16. The molecule has 0 aromatic carbocycles. The fraction of sp³-hybridized carbons (Fsp3) is 0.714. The van der Waals surface area contributed by atoms with Crippen LogP contribution in [0.3, 0.4) is 0 Å². The normalized spacial score (nSPS) is 13.8. The maximum atomic E-state index is 6.04. The Morgan fingerprint density at radius 3 is 2.06 bits per heavy atom. The number of nitrogens with two attached hydrogens (primary N) is 1. The summed E-state index contributed by atoms with van der Waals surface area (Å²) in [4.78, 5) is 3.78. The van der Waals surface area contributed by atoms with Crippen LogP contribution in [0.15, 0.2) is 12.1 Å². The minimum Gasteiger partial charge on any atom is -0.329 e. The van der Waals surface area contributed by atoms with Gasteiger partial charge in [-0.05, 0) is 24.0 Å². The SMILES string of the molecule is CC(C)CN(CC(C)C)C(CN)c1ccc(Cl)s1. The molecule has 2 nitrogen and oxygen atoms in total. The van der Waals surface area contributed by atoms with Crippen molar-refractivity contribution in [3.63, 3.8) is 0 Å². The van der Waals surface area contributed by atoms with Crippen LogP contribution in [-0.4, -0.2) is 24.5 Å². The first-order valence-corrected chi connectivity index (χ1v) is 7.82. The van der Waals surface area contributed by atoms with Crippen molar-refractivity contribution in [1.29, 1.82) is 0 Å². The first kappa shape index (κ1) is 16.0. The van der Waals surface area contributed by atoms with Crippen molar-refractivity contribution in [2.75, 3.05) is 19.6 Å². The summed E-state index contributed by atoms with van der Waals surface area (Å²) in [6, 6.07) is 4.37. The lowest BCUT2D eigenvalue weighted by Crippen LogP contribution is -2.38. The first-order chi connectivity index (χ1) is 8.43. The zero-order valence-electron chi connectivity index (χ0n) is 11.8. The Kier molecular flexibility index (Phi) is 6.64. The van der Waals surface area contributed by atoms with Crippen LogP contribution in [-0.2, 0) is 0 Å². The first-order valence-electron chi connectivity index (χ1n) is 6.63. The second-order valence-corrected chi connectivity index (χ2v) is 7.38. The lowest BCUT2D eigenvalue weighted by atomic mass is 10.1. The Hall–Kier alpha value is -0.0900. The summed E-state index contributed by atoms with van der Waals surface area (Å²) in [7, 11) is 0. The van der Waals surface area contributed by atoms with E-state index in [1.165, 1.54) is 4.88 Å². The van der Waals surface area contributed by atoms with E-state index in [-0.39, 0.29) is 0 Å². The molecule has 18 heavy (non-hydrogen) atoms. The van der Waals surface area contributed by atoms with Crippen molar-refractivity contribution in [3.05, 3.63) is 21.3 Å². The average molecular weight is 289 g/mol. The van der Waals surface area contributed by atoms with Gasteiger partial charge in [-0.3, -0.25) is 4.90 Å². The van der Waals surface area contributed by atoms with Crippen LogP contribution in [0.1, 0.15) is 38.6 Å². The summed E-state index contributed by atoms with van der Waals surface area (Å²) in [6.07, 6.45) is 0. The highest BCUT2D eigenvalue weighted by atomic mass is 35.5. The highest BCUT2D eigenvalue weighted by Crippen LogP contribution is 2.30. The molecule has 1 rings (SSSR count). The molecule has 1 heterocycles. The van der Waals surface area contributed by atoms with Gasteiger partial charge >= 0.3 is 0 Å². The van der Waals surface area contributed by atoms with Crippen molar-refractivity contribution < 1.29 is 0 Å². The predicted molar refractivity (Wildman–Crippen MR) is 82.4 cm³/mol. The number of thiophene rings is 1. The molecule has 1 unspecified atom stereocenters. The van der Waals surface area contributed by atoms with E-state index in [4.69, 9.17) is 17.3 Å². The van der Waals surface area contributed by atoms with E-state index in [9.17, 15) is 0 Å². The molecule has 0 aliphatic carbocycles. The van der Waals surface area contributed by atoms with Gasteiger partial charge in [0.15, 0.2) is 0 Å². The summed E-state index contributed by atoms with van der Waals surface area (Å²) < 4.78 is 0.845. The smallest absolute Gasteiger partial charge is 0.0931 e. The van der Waals surface area contributed by atoms with Crippen molar-refractivity contribution >= 4 is 22.9 Å². The van der Waals surface area contributed by atoms with Gasteiger partial charge in [-0.15, -0.1) is 11.3 Å². The predicted octanol–water partition coefficient (Wildman–Crippen LogP) is 4.02. The molecule has 0 bridgehead atoms. The summed E-state index contributed by atoms with van der Waals surface area (Å²) in [5.41, 5.74) is 5.99. The Morgan fingerprint density at radius 2 is 1.72 bits per heavy atom. The van der Waals surface area contributed by atoms with E-state index in [0.29, 0.717) is 24.4 Å². The zero-order valence-corrected chi connectivity index (χ0v) is 13.4. The summed E-state index contributed by atoms with van der Waals surface area (Å²) >= 11 is 7.68. The Morgan fingerprint density at radius 1 is 1.17 bits per heavy atom. The van der Waals surface area contributed by atoms with Crippen molar-refractivity contribution in [2.24, 2.45) is 17.6 Å². The Bertz CT molecular complexity index is 339. The van der Waals surface area contributed by atoms with Gasteiger partial charge in [-0.2, -0.15) is 0 Å². The van der Waals surface area contributed by atoms with Crippen LogP contribution in [0.25, 0.3) is 0 Å². The summed E-state index contributed by atoms with van der Waals surface area (Å²) in [5, 5.41) is 0. The molecule has 1 atom stereocenters. The number of nitrogens with zero attached hydrogens (tertiary/aromatic N) is 1. The van der Waals surface area contributed by atoms with Gasteiger partial charge in [-0.25, -0.2) is 0 Å². The monoisotopic (exact) mass is 288 g/mol. The van der Waals surface area contributed by atoms with Crippen molar-refractivity contribution in [2.45, 2.75) is 33.7 Å². The van der Waals surface area contributed by atoms with E-state index in [0.717, 1.165) is 17.4 Å². The van der Waals surface area contributed by atoms with Crippen molar-refractivity contribution in [1.82, 2.24) is 4.90 Å². The van der Waals surface area contributed by atoms with Crippen LogP contribution >= 0.6 is 22.9 Å². The van der Waals surface area contributed by atoms with Gasteiger partial charge in [0.2, 0.25) is 0 Å². The molecule has 0 fully saturated rings. The third kappa shape index (κ3) is 4.88. The standard InChI is InChI=1S/C14H25ClN2S/c1-10(2)8-17(9-11(3)4)12(7-16)13-5-6-14(15)18-13/h5-6,10-12H,7-9,16H2,1-4H3. The van der Waals surface area contributed by atoms with Gasteiger partial charge in [0.05, 0.1) is 10.4 Å². The van der Waals surface area contributed by atoms with Gasteiger partial charge in [0.25, 0.3) is 0 Å². The van der Waals surface area contributed by atoms with Gasteiger partial charge in [0, 0.05) is 24.5 Å². The number of rotatable bonds is 7. The summed E-state index contributed by atoms with van der Waals surface area (Å²) in [6.45, 7) is 11.8. The van der Waals surface area contributed by atoms with E-state index in [2.05, 4.69) is 38.7 Å². The molecule has 0 radical (unpaired) electrons. The Balaban J connectivity index is 2.85. The van der Waals surface area contributed by atoms with E-state index >= 15 is 0 Å². The lowest BCUT2D eigenvalue weighted by molar-refractivity contribution is 0.162. The maximum absolute atomic E-state index is 6.04. The quantitative estimate of drug-likeness (QED) is 0.821. The molecule has 0 aliphatic rings. The zero-order chi connectivity index (χ0) is 13.7. The van der Waals surface area contributed by atoms with Crippen LogP contribution in [0.2, 0.25) is 4.34 Å². The fourth-order valence-corrected chi connectivity index (χ4v) is 3.43. The van der Waals surface area contributed by atoms with E-state index in [1.807, 2.05) is 6.07 Å². The minimum absolute atomic E-state index is 0.298. The second-order valence-electron chi connectivity index (χ2n) is 5.63. The molecule has 0 saturated carbocycles. The van der Waals surface area contributed by atoms with Gasteiger partial charge < -0.3 is 5.73 Å². The van der Waals surface area contributed by atoms with Gasteiger partial charge in [0.1, 0.15) is 0 Å². The third-order valence-electron chi connectivity index (χ3n) is 2.79. The number of halogens is 1. The van der Waals surface area contributed by atoms with Gasteiger partial charge in [-0.1, -0.05) is 39.3 Å². The minimum atomic E-state index is 0.298. The van der Waals surface area contributed by atoms with Crippen LogP contribution in [0, 0.1) is 11.8 Å². The van der Waals surface area contributed by atoms with E-state index in [1.54, 1.807) is 11.3 Å². The maximum Gasteiger partial charge on any atom is 0.0931 e. The summed E-state index contributed by atoms with van der Waals surface area (Å²) in [5.74, 6) is 1.29. The fourth-order valence-electron chi connectivity index (χ4n) is 2.22. The third-order valence-corrected chi connectivity index (χ3v) is 4.12. The second kappa shape index (κ2) is 7.49. The van der Waals surface area contributed by atoms with Crippen LogP contribution in [0.5, 0.6) is 0 Å². The molecular weight excluding hydrogens is 264 g/mol. The molecular formula is C14H25ClN2S. The Labute approximate surface area is 120 Å². The molecule has 1 aromatic rings. The van der Waals surface area contributed by atoms with Crippen molar-refractivity contribution in [3.8, 4) is 0 Å². The average Bonchev–Trinajstić information content (AvgIpc) is 2.64. The molecule has 0 spiro atoms. The molecule has 0 saturated heterocycles. The van der Waals surface area contributed by atoms with E-state index < -0.39 is 0 Å². The van der Waals surface area contributed by atoms with Crippen LogP contribution in [0.4, 0.5) is 0 Å². The topological polar surface area (TPSA) is 29.3 Å². The molecule has 1 aromatic heterocycles. The highest BCUT2D eigenvalue weighted by Gasteiger charge is 2.22. The molecule has 4 heteroatoms.